The standard InChI is InChI=1S/C24H20O8/c1-28-17-9-12(7-8-15(17)26)21-19(11-25)31-24-22-14(10-18(29-2)23(24)32-21)20(27)13-5-3-4-6-16(13)30-22/h3-10,19,21,25-26H,11H2,1-2H3/t19-,21-/m0/s1. The molecule has 2 heterocycles. The summed E-state index contributed by atoms with van der Waals surface area (Å²) in [6, 6.07) is 13.2. The first kappa shape index (κ1) is 20.0. The monoisotopic (exact) mass is 436 g/mol. The van der Waals surface area contributed by atoms with Crippen molar-refractivity contribution in [1.29, 1.82) is 0 Å². The normalized spacial score (nSPS) is 17.5. The average molecular weight is 436 g/mol. The van der Waals surface area contributed by atoms with Gasteiger partial charge in [-0.15, -0.1) is 0 Å². The molecule has 0 saturated carbocycles. The molecule has 0 spiro atoms. The smallest absolute Gasteiger partial charge is 0.209 e. The topological polar surface area (TPSA) is 108 Å². The van der Waals surface area contributed by atoms with Gasteiger partial charge < -0.3 is 33.6 Å². The third-order valence-corrected chi connectivity index (χ3v) is 5.53. The van der Waals surface area contributed by atoms with Crippen LogP contribution in [0.15, 0.2) is 57.7 Å². The molecule has 0 aliphatic carbocycles. The maximum absolute atomic E-state index is 13.1. The summed E-state index contributed by atoms with van der Waals surface area (Å²) in [5.74, 6) is 0.966. The second kappa shape index (κ2) is 7.65. The number of ether oxygens (including phenoxy) is 4. The van der Waals surface area contributed by atoms with Gasteiger partial charge in [-0.3, -0.25) is 4.79 Å². The van der Waals surface area contributed by atoms with Gasteiger partial charge in [-0.1, -0.05) is 18.2 Å². The first-order valence-electron chi connectivity index (χ1n) is 9.93. The van der Waals surface area contributed by atoms with Crippen LogP contribution >= 0.6 is 0 Å². The zero-order valence-corrected chi connectivity index (χ0v) is 17.3. The van der Waals surface area contributed by atoms with Crippen LogP contribution in [0.5, 0.6) is 28.7 Å². The van der Waals surface area contributed by atoms with Crippen molar-refractivity contribution in [2.75, 3.05) is 20.8 Å². The van der Waals surface area contributed by atoms with Gasteiger partial charge in [0.25, 0.3) is 0 Å². The first-order valence-corrected chi connectivity index (χ1v) is 9.93. The summed E-state index contributed by atoms with van der Waals surface area (Å²) < 4.78 is 29.1. The molecule has 5 rings (SSSR count). The van der Waals surface area contributed by atoms with E-state index in [4.69, 9.17) is 23.4 Å². The molecule has 1 aliphatic rings. The molecule has 1 aromatic heterocycles. The number of phenolic OH excluding ortho intramolecular Hbond substituents is 1. The van der Waals surface area contributed by atoms with Crippen LogP contribution in [0.3, 0.4) is 0 Å². The molecule has 32 heavy (non-hydrogen) atoms. The van der Waals surface area contributed by atoms with Gasteiger partial charge in [0.05, 0.1) is 31.6 Å². The van der Waals surface area contributed by atoms with Gasteiger partial charge in [0.1, 0.15) is 5.58 Å². The van der Waals surface area contributed by atoms with Gasteiger partial charge in [-0.05, 0) is 30.3 Å². The molecule has 4 aromatic rings. The number of rotatable bonds is 4. The molecule has 0 radical (unpaired) electrons. The number of fused-ring (bicyclic) bond motifs is 4. The Morgan fingerprint density at radius 1 is 0.938 bits per heavy atom. The molecule has 3 aromatic carbocycles. The molecule has 1 aliphatic heterocycles. The fraction of sp³-hybridized carbons (Fsp3) is 0.208. The summed E-state index contributed by atoms with van der Waals surface area (Å²) >= 11 is 0. The largest absolute Gasteiger partial charge is 0.504 e. The molecular formula is C24H20O8. The Labute approximate surface area is 182 Å². The van der Waals surface area contributed by atoms with Crippen molar-refractivity contribution >= 4 is 21.9 Å². The van der Waals surface area contributed by atoms with Gasteiger partial charge >= 0.3 is 0 Å². The van der Waals surface area contributed by atoms with E-state index in [2.05, 4.69) is 0 Å². The summed E-state index contributed by atoms with van der Waals surface area (Å²) in [5, 5.41) is 20.7. The Kier molecular flexibility index (Phi) is 4.79. The van der Waals surface area contributed by atoms with Crippen molar-refractivity contribution in [3.05, 3.63) is 64.3 Å². The average Bonchev–Trinajstić information content (AvgIpc) is 2.83. The third kappa shape index (κ3) is 2.99. The van der Waals surface area contributed by atoms with Crippen molar-refractivity contribution in [3.63, 3.8) is 0 Å². The second-order valence-corrected chi connectivity index (χ2v) is 7.35. The molecule has 8 nitrogen and oxygen atoms in total. The van der Waals surface area contributed by atoms with E-state index in [-0.39, 0.29) is 46.0 Å². The number of hydrogen-bond donors (Lipinski definition) is 2. The summed E-state index contributed by atoms with van der Waals surface area (Å²) in [7, 11) is 2.90. The highest BCUT2D eigenvalue weighted by Crippen LogP contribution is 2.50. The highest BCUT2D eigenvalue weighted by Gasteiger charge is 2.37. The maximum atomic E-state index is 13.1. The zero-order chi connectivity index (χ0) is 22.4. The van der Waals surface area contributed by atoms with Crippen molar-refractivity contribution in [2.45, 2.75) is 12.2 Å². The highest BCUT2D eigenvalue weighted by atomic mass is 16.6. The van der Waals surface area contributed by atoms with Crippen LogP contribution in [-0.4, -0.2) is 37.1 Å². The minimum absolute atomic E-state index is 0.0221. The summed E-state index contributed by atoms with van der Waals surface area (Å²) in [6.45, 7) is -0.371. The molecule has 2 atom stereocenters. The minimum atomic E-state index is -0.816. The van der Waals surface area contributed by atoms with Crippen molar-refractivity contribution in [2.24, 2.45) is 0 Å². The first-order chi connectivity index (χ1) is 15.5. The zero-order valence-electron chi connectivity index (χ0n) is 17.3. The lowest BCUT2D eigenvalue weighted by Gasteiger charge is -2.34. The number of aliphatic hydroxyl groups is 1. The lowest BCUT2D eigenvalue weighted by atomic mass is 10.0. The Morgan fingerprint density at radius 2 is 1.72 bits per heavy atom. The molecule has 8 heteroatoms. The fourth-order valence-electron chi connectivity index (χ4n) is 3.94. The fourth-order valence-corrected chi connectivity index (χ4v) is 3.94. The van der Waals surface area contributed by atoms with Crippen molar-refractivity contribution in [1.82, 2.24) is 0 Å². The Morgan fingerprint density at radius 3 is 2.47 bits per heavy atom. The lowest BCUT2D eigenvalue weighted by Crippen LogP contribution is -2.36. The third-order valence-electron chi connectivity index (χ3n) is 5.53. The summed E-state index contributed by atoms with van der Waals surface area (Å²) in [4.78, 5) is 13.1. The van der Waals surface area contributed by atoms with Gasteiger partial charge in [0.2, 0.25) is 16.9 Å². The second-order valence-electron chi connectivity index (χ2n) is 7.35. The Bertz CT molecular complexity index is 1390. The number of hydrogen-bond acceptors (Lipinski definition) is 8. The van der Waals surface area contributed by atoms with Gasteiger partial charge in [-0.25, -0.2) is 0 Å². The predicted octanol–water partition coefficient (Wildman–Crippen LogP) is 3.54. The number of phenols is 1. The molecule has 0 fully saturated rings. The maximum Gasteiger partial charge on any atom is 0.209 e. The van der Waals surface area contributed by atoms with Crippen LogP contribution in [-0.2, 0) is 0 Å². The summed E-state index contributed by atoms with van der Waals surface area (Å²) in [6.07, 6.45) is -1.55. The summed E-state index contributed by atoms with van der Waals surface area (Å²) in [5.41, 5.74) is 1.01. The van der Waals surface area contributed by atoms with E-state index >= 15 is 0 Å². The van der Waals surface area contributed by atoms with Gasteiger partial charge in [0, 0.05) is 5.56 Å². The SMILES string of the molecule is COc1cc([C@@H]2Oc3c(OC)cc4c(=O)c5ccccc5oc4c3O[C@H]2CO)ccc1O. The highest BCUT2D eigenvalue weighted by molar-refractivity contribution is 5.95. The van der Waals surface area contributed by atoms with Crippen LogP contribution in [0.2, 0.25) is 0 Å². The Hall–Kier alpha value is -3.91. The molecule has 0 saturated heterocycles. The van der Waals surface area contributed by atoms with E-state index in [9.17, 15) is 15.0 Å². The van der Waals surface area contributed by atoms with E-state index in [0.29, 0.717) is 22.3 Å². The molecule has 0 amide bonds. The number of benzene rings is 3. The molecule has 0 unspecified atom stereocenters. The number of para-hydroxylation sites is 1. The van der Waals surface area contributed by atoms with Crippen LogP contribution < -0.4 is 24.4 Å². The number of aliphatic hydroxyl groups excluding tert-OH is 1. The van der Waals surface area contributed by atoms with Gasteiger partial charge in [0.15, 0.2) is 35.0 Å². The number of aromatic hydroxyl groups is 1. The van der Waals surface area contributed by atoms with Crippen molar-refractivity contribution in [3.8, 4) is 28.7 Å². The molecular weight excluding hydrogens is 416 g/mol. The Balaban J connectivity index is 1.72. The lowest BCUT2D eigenvalue weighted by molar-refractivity contribution is -0.0134. The van der Waals surface area contributed by atoms with Gasteiger partial charge in [-0.2, -0.15) is 0 Å². The van der Waals surface area contributed by atoms with E-state index in [0.717, 1.165) is 0 Å². The van der Waals surface area contributed by atoms with Crippen LogP contribution in [0, 0.1) is 0 Å². The van der Waals surface area contributed by atoms with E-state index in [1.54, 1.807) is 42.5 Å². The van der Waals surface area contributed by atoms with Crippen LogP contribution in [0.25, 0.3) is 21.9 Å². The van der Waals surface area contributed by atoms with E-state index < -0.39 is 12.2 Å². The predicted molar refractivity (Wildman–Crippen MR) is 116 cm³/mol. The van der Waals surface area contributed by atoms with E-state index in [1.165, 1.54) is 20.3 Å². The molecule has 2 N–H and O–H groups in total. The van der Waals surface area contributed by atoms with Crippen LogP contribution in [0.1, 0.15) is 11.7 Å². The quantitative estimate of drug-likeness (QED) is 0.468. The van der Waals surface area contributed by atoms with Crippen molar-refractivity contribution < 1.29 is 33.6 Å². The minimum Gasteiger partial charge on any atom is -0.504 e. The molecule has 164 valence electrons. The van der Waals surface area contributed by atoms with Crippen LogP contribution in [0.4, 0.5) is 0 Å². The van der Waals surface area contributed by atoms with E-state index in [1.807, 2.05) is 0 Å². The number of methoxy groups -OCH3 is 2. The molecule has 0 bridgehead atoms.